The van der Waals surface area contributed by atoms with Crippen LogP contribution < -0.4 is 5.32 Å². The van der Waals surface area contributed by atoms with Crippen LogP contribution in [0.3, 0.4) is 0 Å². The van der Waals surface area contributed by atoms with Gasteiger partial charge in [-0.2, -0.15) is 0 Å². The van der Waals surface area contributed by atoms with Crippen LogP contribution in [0.15, 0.2) is 23.8 Å². The number of amides is 1. The second kappa shape index (κ2) is 6.28. The highest BCUT2D eigenvalue weighted by molar-refractivity contribution is 7.12. The topological polar surface area (TPSA) is 58.1 Å². The summed E-state index contributed by atoms with van der Waals surface area (Å²) in [6.45, 7) is 1.59. The summed E-state index contributed by atoms with van der Waals surface area (Å²) in [6.07, 6.45) is 7.04. The van der Waals surface area contributed by atoms with Crippen LogP contribution in [0.2, 0.25) is 0 Å². The van der Waals surface area contributed by atoms with Crippen molar-refractivity contribution < 1.29 is 4.79 Å². The van der Waals surface area contributed by atoms with Crippen LogP contribution >= 0.6 is 11.3 Å². The molecule has 1 fully saturated rings. The standard InChI is InChI=1S/C17H20N4OS/c22-17(15-7-3-9-23-15)21-8-2-4-12(10-21)20-16-13-5-1-6-14(13)18-11-19-16/h3,7,9,11-12H,1-2,4-6,8,10H2,(H,18,19,20). The lowest BCUT2D eigenvalue weighted by Gasteiger charge is -2.33. The van der Waals surface area contributed by atoms with E-state index in [0.717, 1.165) is 55.9 Å². The van der Waals surface area contributed by atoms with Crippen molar-refractivity contribution in [1.82, 2.24) is 14.9 Å². The SMILES string of the molecule is O=C(c1cccs1)N1CCCC(Nc2ncnc3c2CCC3)C1. The number of aromatic nitrogens is 2. The minimum atomic E-state index is 0.152. The van der Waals surface area contributed by atoms with Crippen molar-refractivity contribution in [3.8, 4) is 0 Å². The highest BCUT2D eigenvalue weighted by Crippen LogP contribution is 2.27. The van der Waals surface area contributed by atoms with E-state index >= 15 is 0 Å². The molecular formula is C17H20N4OS. The zero-order chi connectivity index (χ0) is 15.6. The van der Waals surface area contributed by atoms with Crippen LogP contribution in [-0.4, -0.2) is 39.9 Å². The maximum absolute atomic E-state index is 12.5. The third kappa shape index (κ3) is 2.95. The molecule has 2 aliphatic rings. The lowest BCUT2D eigenvalue weighted by atomic mass is 10.0. The zero-order valence-electron chi connectivity index (χ0n) is 13.0. The van der Waals surface area contributed by atoms with Gasteiger partial charge in [0.15, 0.2) is 0 Å². The fourth-order valence-corrected chi connectivity index (χ4v) is 4.20. The fraction of sp³-hybridized carbons (Fsp3) is 0.471. The van der Waals surface area contributed by atoms with Crippen molar-refractivity contribution in [2.24, 2.45) is 0 Å². The van der Waals surface area contributed by atoms with Gasteiger partial charge in [-0.3, -0.25) is 4.79 Å². The summed E-state index contributed by atoms with van der Waals surface area (Å²) in [6, 6.07) is 4.11. The molecule has 1 aliphatic carbocycles. The van der Waals surface area contributed by atoms with E-state index < -0.39 is 0 Å². The van der Waals surface area contributed by atoms with Crippen LogP contribution in [0.25, 0.3) is 0 Å². The summed E-state index contributed by atoms with van der Waals surface area (Å²) in [5, 5.41) is 5.53. The molecule has 2 aromatic rings. The molecule has 1 saturated heterocycles. The minimum absolute atomic E-state index is 0.152. The molecular weight excluding hydrogens is 308 g/mol. The Morgan fingerprint density at radius 1 is 1.30 bits per heavy atom. The average molecular weight is 328 g/mol. The maximum Gasteiger partial charge on any atom is 0.263 e. The minimum Gasteiger partial charge on any atom is -0.365 e. The third-order valence-electron chi connectivity index (χ3n) is 4.66. The molecule has 0 bridgehead atoms. The monoisotopic (exact) mass is 328 g/mol. The highest BCUT2D eigenvalue weighted by atomic mass is 32.1. The van der Waals surface area contributed by atoms with Gasteiger partial charge in [0.05, 0.1) is 4.88 Å². The van der Waals surface area contributed by atoms with Crippen molar-refractivity contribution in [3.63, 3.8) is 0 Å². The second-order valence-electron chi connectivity index (χ2n) is 6.21. The van der Waals surface area contributed by atoms with E-state index in [4.69, 9.17) is 0 Å². The van der Waals surface area contributed by atoms with E-state index in [-0.39, 0.29) is 11.9 Å². The Labute approximate surface area is 139 Å². The van der Waals surface area contributed by atoms with Crippen LogP contribution in [0, 0.1) is 0 Å². The van der Waals surface area contributed by atoms with E-state index in [1.807, 2.05) is 22.4 Å². The van der Waals surface area contributed by atoms with Gasteiger partial charge in [0.25, 0.3) is 5.91 Å². The summed E-state index contributed by atoms with van der Waals surface area (Å²) in [4.78, 5) is 24.1. The van der Waals surface area contributed by atoms with E-state index in [1.54, 1.807) is 6.33 Å². The number of nitrogens with zero attached hydrogens (tertiary/aromatic N) is 3. The average Bonchev–Trinajstić information content (AvgIpc) is 3.26. The number of hydrogen-bond donors (Lipinski definition) is 1. The fourth-order valence-electron chi connectivity index (χ4n) is 3.51. The Balaban J connectivity index is 1.46. The van der Waals surface area contributed by atoms with E-state index in [0.29, 0.717) is 0 Å². The molecule has 1 atom stereocenters. The van der Waals surface area contributed by atoms with Gasteiger partial charge in [0.2, 0.25) is 0 Å². The van der Waals surface area contributed by atoms with Gasteiger partial charge >= 0.3 is 0 Å². The molecule has 1 N–H and O–H groups in total. The van der Waals surface area contributed by atoms with E-state index in [9.17, 15) is 4.79 Å². The van der Waals surface area contributed by atoms with Gasteiger partial charge in [-0.05, 0) is 43.6 Å². The smallest absolute Gasteiger partial charge is 0.263 e. The predicted octanol–water partition coefficient (Wildman–Crippen LogP) is 2.74. The lowest BCUT2D eigenvalue weighted by molar-refractivity contribution is 0.0719. The predicted molar refractivity (Wildman–Crippen MR) is 90.9 cm³/mol. The molecule has 1 amide bonds. The highest BCUT2D eigenvalue weighted by Gasteiger charge is 2.26. The summed E-state index contributed by atoms with van der Waals surface area (Å²) >= 11 is 1.51. The van der Waals surface area contributed by atoms with Gasteiger partial charge in [0.1, 0.15) is 12.1 Å². The van der Waals surface area contributed by atoms with Gasteiger partial charge in [0, 0.05) is 30.4 Å². The first-order valence-corrected chi connectivity index (χ1v) is 9.11. The molecule has 0 spiro atoms. The first kappa shape index (κ1) is 14.6. The van der Waals surface area contributed by atoms with Crippen LogP contribution in [0.5, 0.6) is 0 Å². The number of likely N-dealkylation sites (tertiary alicyclic amines) is 1. The number of nitrogens with one attached hydrogen (secondary N) is 1. The zero-order valence-corrected chi connectivity index (χ0v) is 13.8. The summed E-state index contributed by atoms with van der Waals surface area (Å²) in [7, 11) is 0. The first-order valence-electron chi connectivity index (χ1n) is 8.23. The van der Waals surface area contributed by atoms with Crippen LogP contribution in [0.1, 0.15) is 40.2 Å². The molecule has 0 radical (unpaired) electrons. The van der Waals surface area contributed by atoms with Crippen molar-refractivity contribution in [2.75, 3.05) is 18.4 Å². The molecule has 4 rings (SSSR count). The van der Waals surface area contributed by atoms with Gasteiger partial charge in [-0.25, -0.2) is 9.97 Å². The molecule has 2 aromatic heterocycles. The third-order valence-corrected chi connectivity index (χ3v) is 5.51. The van der Waals surface area contributed by atoms with Crippen LogP contribution in [0.4, 0.5) is 5.82 Å². The summed E-state index contributed by atoms with van der Waals surface area (Å²) in [5.41, 5.74) is 2.46. The molecule has 1 unspecified atom stereocenters. The number of aryl methyl sites for hydroxylation is 1. The number of anilines is 1. The van der Waals surface area contributed by atoms with Gasteiger partial charge in [-0.1, -0.05) is 6.07 Å². The molecule has 0 aromatic carbocycles. The first-order chi connectivity index (χ1) is 11.3. The van der Waals surface area contributed by atoms with Crippen molar-refractivity contribution in [2.45, 2.75) is 38.1 Å². The van der Waals surface area contributed by atoms with Gasteiger partial charge in [-0.15, -0.1) is 11.3 Å². The Hall–Kier alpha value is -1.95. The molecule has 0 saturated carbocycles. The Bertz CT molecular complexity index is 701. The maximum atomic E-state index is 12.5. The molecule has 1 aliphatic heterocycles. The molecule has 3 heterocycles. The van der Waals surface area contributed by atoms with Crippen LogP contribution in [-0.2, 0) is 12.8 Å². The quantitative estimate of drug-likeness (QED) is 0.941. The number of carbonyl (C=O) groups excluding carboxylic acids is 1. The second-order valence-corrected chi connectivity index (χ2v) is 7.16. The van der Waals surface area contributed by atoms with Crippen molar-refractivity contribution in [1.29, 1.82) is 0 Å². The Morgan fingerprint density at radius 3 is 3.13 bits per heavy atom. The Kier molecular flexibility index (Phi) is 3.99. The summed E-state index contributed by atoms with van der Waals surface area (Å²) in [5.74, 6) is 1.13. The number of piperidine rings is 1. The number of rotatable bonds is 3. The van der Waals surface area contributed by atoms with E-state index in [1.165, 1.54) is 22.6 Å². The molecule has 120 valence electrons. The number of carbonyl (C=O) groups is 1. The lowest BCUT2D eigenvalue weighted by Crippen LogP contribution is -2.45. The molecule has 23 heavy (non-hydrogen) atoms. The Morgan fingerprint density at radius 2 is 2.26 bits per heavy atom. The summed E-state index contributed by atoms with van der Waals surface area (Å²) < 4.78 is 0. The van der Waals surface area contributed by atoms with Gasteiger partial charge < -0.3 is 10.2 Å². The van der Waals surface area contributed by atoms with Crippen molar-refractivity contribution >= 4 is 23.1 Å². The largest absolute Gasteiger partial charge is 0.365 e. The van der Waals surface area contributed by atoms with E-state index in [2.05, 4.69) is 15.3 Å². The number of thiophene rings is 1. The normalized spacial score (nSPS) is 20.3. The molecule has 5 nitrogen and oxygen atoms in total. The molecule has 6 heteroatoms. The van der Waals surface area contributed by atoms with Crippen molar-refractivity contribution in [3.05, 3.63) is 40.0 Å². The number of hydrogen-bond acceptors (Lipinski definition) is 5. The number of fused-ring (bicyclic) bond motifs is 1.